The molecule has 0 saturated carbocycles. The highest BCUT2D eigenvalue weighted by atomic mass is 17.2. The van der Waals surface area contributed by atoms with Gasteiger partial charge in [0.2, 0.25) is 0 Å². The van der Waals surface area contributed by atoms with E-state index in [1.807, 2.05) is 24.3 Å². The lowest BCUT2D eigenvalue weighted by molar-refractivity contribution is -0.311. The van der Waals surface area contributed by atoms with Gasteiger partial charge in [0.05, 0.1) is 0 Å². The Hall–Kier alpha value is -1.94. The van der Waals surface area contributed by atoms with Crippen LogP contribution in [0.1, 0.15) is 0 Å². The molecule has 0 fully saturated rings. The third-order valence-corrected chi connectivity index (χ3v) is 2.79. The van der Waals surface area contributed by atoms with Gasteiger partial charge >= 0.3 is 0 Å². The maximum Gasteiger partial charge on any atom is 0.277 e. The topological polar surface area (TPSA) is 47.9 Å². The zero-order valence-electron chi connectivity index (χ0n) is 8.42. The third-order valence-electron chi connectivity index (χ3n) is 2.79. The van der Waals surface area contributed by atoms with Crippen LogP contribution in [-0.2, 0) is 14.5 Å². The van der Waals surface area contributed by atoms with Gasteiger partial charge < -0.3 is 14.7 Å². The van der Waals surface area contributed by atoms with Crippen LogP contribution in [0.15, 0.2) is 59.8 Å². The Kier molecular flexibility index (Phi) is 1.91. The van der Waals surface area contributed by atoms with Crippen molar-refractivity contribution < 1.29 is 19.6 Å². The van der Waals surface area contributed by atoms with Gasteiger partial charge in [-0.05, 0) is 11.6 Å². The molecule has 1 N–H and O–H groups in total. The lowest BCUT2D eigenvalue weighted by Crippen LogP contribution is -2.43. The first kappa shape index (κ1) is 9.30. The fraction of sp³-hybridized carbons (Fsp3) is 0.167. The molecule has 4 heteroatoms. The lowest BCUT2D eigenvalue weighted by atomic mass is 9.81. The highest BCUT2D eigenvalue weighted by Gasteiger charge is 2.45. The second kappa shape index (κ2) is 3.28. The maximum absolute atomic E-state index is 9.35. The zero-order valence-corrected chi connectivity index (χ0v) is 8.42. The summed E-state index contributed by atoms with van der Waals surface area (Å²) in [4.78, 5) is 10.4. The van der Waals surface area contributed by atoms with E-state index in [0.717, 1.165) is 11.1 Å². The summed E-state index contributed by atoms with van der Waals surface area (Å²) in [5, 5.41) is 9.35. The minimum absolute atomic E-state index is 0.104. The first-order valence-corrected chi connectivity index (χ1v) is 4.95. The monoisotopic (exact) mass is 218 g/mol. The van der Waals surface area contributed by atoms with E-state index in [1.165, 1.54) is 12.3 Å². The molecule has 82 valence electrons. The van der Waals surface area contributed by atoms with Crippen molar-refractivity contribution in [2.24, 2.45) is 0 Å². The molecule has 4 nitrogen and oxygen atoms in total. The van der Waals surface area contributed by atoms with Crippen molar-refractivity contribution in [3.05, 3.63) is 59.8 Å². The summed E-state index contributed by atoms with van der Waals surface area (Å²) in [6.45, 7) is 0.193. The molecule has 0 aromatic carbocycles. The Morgan fingerprint density at radius 1 is 1.19 bits per heavy atom. The molecule has 3 rings (SSSR count). The Labute approximate surface area is 92.4 Å². The number of allylic oxidation sites excluding steroid dienone is 4. The van der Waals surface area contributed by atoms with Crippen molar-refractivity contribution in [2.45, 2.75) is 5.60 Å². The van der Waals surface area contributed by atoms with Gasteiger partial charge in [0.1, 0.15) is 12.9 Å². The fourth-order valence-electron chi connectivity index (χ4n) is 1.97. The molecule has 0 aromatic rings. The summed E-state index contributed by atoms with van der Waals surface area (Å²) >= 11 is 0. The first-order chi connectivity index (χ1) is 7.81. The number of hydrogen-bond acceptors (Lipinski definition) is 4. The molecule has 0 radical (unpaired) electrons. The molecule has 0 amide bonds. The molecule has 2 aliphatic heterocycles. The molecule has 16 heavy (non-hydrogen) atoms. The van der Waals surface area contributed by atoms with Crippen LogP contribution in [0.25, 0.3) is 0 Å². The summed E-state index contributed by atoms with van der Waals surface area (Å²) in [5.41, 5.74) is 0.973. The summed E-state index contributed by atoms with van der Waals surface area (Å²) < 4.78 is 5.13. The summed E-state index contributed by atoms with van der Waals surface area (Å²) in [6.07, 6.45) is 12.4. The summed E-state index contributed by atoms with van der Waals surface area (Å²) in [7, 11) is 0. The van der Waals surface area contributed by atoms with Crippen LogP contribution in [0.4, 0.5) is 0 Å². The van der Waals surface area contributed by atoms with Crippen molar-refractivity contribution in [1.29, 1.82) is 0 Å². The SMILES string of the molecule is OC1=CC2=CC=CC3=CC=COOC32CO1. The van der Waals surface area contributed by atoms with Crippen molar-refractivity contribution >= 4 is 0 Å². The second-order valence-electron chi connectivity index (χ2n) is 3.71. The van der Waals surface area contributed by atoms with E-state index in [-0.39, 0.29) is 12.6 Å². The molecule has 2 heterocycles. The van der Waals surface area contributed by atoms with Gasteiger partial charge in [0.25, 0.3) is 5.95 Å². The van der Waals surface area contributed by atoms with Gasteiger partial charge in [-0.15, -0.1) is 0 Å². The molecular formula is C12H10O4. The maximum atomic E-state index is 9.35. The predicted octanol–water partition coefficient (Wildman–Crippen LogP) is 2.05. The van der Waals surface area contributed by atoms with Crippen LogP contribution in [-0.4, -0.2) is 17.3 Å². The van der Waals surface area contributed by atoms with Crippen molar-refractivity contribution in [3.8, 4) is 0 Å². The van der Waals surface area contributed by atoms with Crippen LogP contribution in [0.2, 0.25) is 0 Å². The number of aliphatic hydroxyl groups is 1. The molecule has 0 aromatic heterocycles. The van der Waals surface area contributed by atoms with E-state index in [4.69, 9.17) is 14.5 Å². The number of rotatable bonds is 0. The van der Waals surface area contributed by atoms with Crippen LogP contribution in [0.5, 0.6) is 0 Å². The Morgan fingerprint density at radius 2 is 2.06 bits per heavy atom. The van der Waals surface area contributed by atoms with Crippen LogP contribution >= 0.6 is 0 Å². The van der Waals surface area contributed by atoms with Crippen molar-refractivity contribution in [1.82, 2.24) is 0 Å². The Morgan fingerprint density at radius 3 is 3.00 bits per heavy atom. The molecule has 3 aliphatic rings. The highest BCUT2D eigenvalue weighted by molar-refractivity contribution is 5.53. The molecule has 1 atom stereocenters. The van der Waals surface area contributed by atoms with E-state index in [2.05, 4.69) is 0 Å². The first-order valence-electron chi connectivity index (χ1n) is 4.95. The average molecular weight is 218 g/mol. The quantitative estimate of drug-likeness (QED) is 0.632. The highest BCUT2D eigenvalue weighted by Crippen LogP contribution is 2.39. The Bertz CT molecular complexity index is 467. The van der Waals surface area contributed by atoms with E-state index in [0.29, 0.717) is 0 Å². The molecule has 1 unspecified atom stereocenters. The fourth-order valence-corrected chi connectivity index (χ4v) is 1.97. The van der Waals surface area contributed by atoms with E-state index < -0.39 is 5.60 Å². The van der Waals surface area contributed by atoms with E-state index in [9.17, 15) is 5.11 Å². The molecule has 1 spiro atoms. The van der Waals surface area contributed by atoms with Crippen molar-refractivity contribution in [3.63, 3.8) is 0 Å². The van der Waals surface area contributed by atoms with Gasteiger partial charge in [0.15, 0.2) is 5.60 Å². The normalized spacial score (nSPS) is 30.9. The van der Waals surface area contributed by atoms with Gasteiger partial charge in [-0.3, -0.25) is 0 Å². The third kappa shape index (κ3) is 1.20. The van der Waals surface area contributed by atoms with Crippen molar-refractivity contribution in [2.75, 3.05) is 6.61 Å². The molecule has 1 aliphatic carbocycles. The number of hydrogen-bond donors (Lipinski definition) is 1. The second-order valence-corrected chi connectivity index (χ2v) is 3.71. The summed E-state index contributed by atoms with van der Waals surface area (Å²) in [6, 6.07) is 0. The number of ether oxygens (including phenoxy) is 1. The van der Waals surface area contributed by atoms with Crippen LogP contribution in [0, 0.1) is 0 Å². The standard InChI is InChI=1S/C12H10O4/c13-11-7-10-4-1-3-9-5-2-6-15-16-12(9,10)8-14-11/h1-7,13H,8H2. The van der Waals surface area contributed by atoms with E-state index >= 15 is 0 Å². The van der Waals surface area contributed by atoms with Gasteiger partial charge in [-0.1, -0.05) is 24.3 Å². The zero-order chi connectivity index (χ0) is 11.0. The van der Waals surface area contributed by atoms with Gasteiger partial charge in [0, 0.05) is 11.6 Å². The largest absolute Gasteiger partial charge is 0.481 e. The minimum atomic E-state index is -0.773. The van der Waals surface area contributed by atoms with Crippen LogP contribution in [0.3, 0.4) is 0 Å². The number of aliphatic hydroxyl groups excluding tert-OH is 1. The Balaban J connectivity index is 2.13. The van der Waals surface area contributed by atoms with E-state index in [1.54, 1.807) is 6.08 Å². The molecular weight excluding hydrogens is 208 g/mol. The summed E-state index contributed by atoms with van der Waals surface area (Å²) in [5.74, 6) is -0.104. The average Bonchev–Trinajstić information content (AvgIpc) is 2.50. The van der Waals surface area contributed by atoms with Gasteiger partial charge in [-0.25, -0.2) is 0 Å². The van der Waals surface area contributed by atoms with Crippen LogP contribution < -0.4 is 0 Å². The molecule has 0 saturated heterocycles. The smallest absolute Gasteiger partial charge is 0.277 e. The lowest BCUT2D eigenvalue weighted by Gasteiger charge is -2.36. The molecule has 0 bridgehead atoms. The minimum Gasteiger partial charge on any atom is -0.481 e. The van der Waals surface area contributed by atoms with Gasteiger partial charge in [-0.2, -0.15) is 4.89 Å². The predicted molar refractivity (Wildman–Crippen MR) is 56.0 cm³/mol.